The van der Waals surface area contributed by atoms with E-state index in [1.54, 1.807) is 36.7 Å². The number of carbonyl (C=O) groups is 1. The van der Waals surface area contributed by atoms with Gasteiger partial charge in [0.15, 0.2) is 11.6 Å². The standard InChI is InChI=1S/C19H14FN5O2/c20-14-10-11(25-19-13(17(21)26)2-1-7-22-19)3-4-16(14)27-15-6-9-24-18-12(15)5-8-23-18/h1-10H,(H2,21,26)(H,22,25)(H,23,24). The molecule has 0 saturated heterocycles. The van der Waals surface area contributed by atoms with Crippen LogP contribution in [-0.4, -0.2) is 20.9 Å². The molecule has 3 aromatic heterocycles. The molecular weight excluding hydrogens is 349 g/mol. The second-order valence-electron chi connectivity index (χ2n) is 5.69. The van der Waals surface area contributed by atoms with Gasteiger partial charge in [0, 0.05) is 30.3 Å². The molecule has 0 spiro atoms. The van der Waals surface area contributed by atoms with Gasteiger partial charge in [0.1, 0.15) is 17.2 Å². The first-order valence-electron chi connectivity index (χ1n) is 8.03. The molecule has 0 atom stereocenters. The third kappa shape index (κ3) is 3.28. The van der Waals surface area contributed by atoms with Crippen LogP contribution in [0.4, 0.5) is 15.9 Å². The van der Waals surface area contributed by atoms with Crippen molar-refractivity contribution in [2.24, 2.45) is 5.73 Å². The van der Waals surface area contributed by atoms with E-state index in [9.17, 15) is 9.18 Å². The number of pyridine rings is 2. The van der Waals surface area contributed by atoms with Crippen LogP contribution in [0.1, 0.15) is 10.4 Å². The van der Waals surface area contributed by atoms with Gasteiger partial charge in [0.25, 0.3) is 5.91 Å². The molecule has 134 valence electrons. The predicted octanol–water partition coefficient (Wildman–Crippen LogP) is 3.73. The first-order chi connectivity index (χ1) is 13.1. The Kier molecular flexibility index (Phi) is 4.13. The molecule has 0 unspecified atom stereocenters. The Labute approximate surface area is 153 Å². The fourth-order valence-electron chi connectivity index (χ4n) is 2.64. The highest BCUT2D eigenvalue weighted by Crippen LogP contribution is 2.31. The number of rotatable bonds is 5. The fraction of sp³-hybridized carbons (Fsp3) is 0. The lowest BCUT2D eigenvalue weighted by atomic mass is 10.2. The SMILES string of the molecule is NC(=O)c1cccnc1Nc1ccc(Oc2ccnc3[nH]ccc23)c(F)c1. The number of hydrogen-bond donors (Lipinski definition) is 3. The molecule has 7 nitrogen and oxygen atoms in total. The first kappa shape index (κ1) is 16.5. The van der Waals surface area contributed by atoms with Gasteiger partial charge < -0.3 is 20.8 Å². The molecule has 1 aromatic carbocycles. The molecule has 0 aliphatic rings. The minimum atomic E-state index is -0.626. The molecule has 1 amide bonds. The molecule has 0 aliphatic carbocycles. The molecule has 0 fully saturated rings. The van der Waals surface area contributed by atoms with E-state index in [1.165, 1.54) is 24.4 Å². The Hall–Kier alpha value is -3.94. The van der Waals surface area contributed by atoms with Crippen LogP contribution in [0, 0.1) is 5.82 Å². The Bertz CT molecular complexity index is 1140. The summed E-state index contributed by atoms with van der Waals surface area (Å²) in [6.45, 7) is 0. The first-order valence-corrected chi connectivity index (χ1v) is 8.03. The Morgan fingerprint density at radius 2 is 2.00 bits per heavy atom. The summed E-state index contributed by atoms with van der Waals surface area (Å²) in [5, 5.41) is 3.64. The number of ether oxygens (including phenoxy) is 1. The largest absolute Gasteiger partial charge is 0.453 e. The number of H-pyrrole nitrogens is 1. The van der Waals surface area contributed by atoms with Crippen molar-refractivity contribution in [2.45, 2.75) is 0 Å². The number of amides is 1. The van der Waals surface area contributed by atoms with Crippen LogP contribution in [0.25, 0.3) is 11.0 Å². The van der Waals surface area contributed by atoms with Crippen LogP contribution in [-0.2, 0) is 0 Å². The number of primary amides is 1. The number of aromatic amines is 1. The molecule has 27 heavy (non-hydrogen) atoms. The Morgan fingerprint density at radius 3 is 2.81 bits per heavy atom. The van der Waals surface area contributed by atoms with Crippen molar-refractivity contribution in [1.29, 1.82) is 0 Å². The number of nitrogens with one attached hydrogen (secondary N) is 2. The van der Waals surface area contributed by atoms with Crippen molar-refractivity contribution in [2.75, 3.05) is 5.32 Å². The van der Waals surface area contributed by atoms with Crippen molar-refractivity contribution in [3.8, 4) is 11.5 Å². The van der Waals surface area contributed by atoms with E-state index in [-0.39, 0.29) is 17.1 Å². The number of carbonyl (C=O) groups excluding carboxylic acids is 1. The number of nitrogens with zero attached hydrogens (tertiary/aromatic N) is 2. The van der Waals surface area contributed by atoms with Crippen LogP contribution < -0.4 is 15.8 Å². The van der Waals surface area contributed by atoms with Crippen LogP contribution in [0.5, 0.6) is 11.5 Å². The Balaban J connectivity index is 1.60. The number of hydrogen-bond acceptors (Lipinski definition) is 5. The van der Waals surface area contributed by atoms with Gasteiger partial charge >= 0.3 is 0 Å². The lowest BCUT2D eigenvalue weighted by Gasteiger charge is -2.11. The number of nitrogens with two attached hydrogens (primary N) is 1. The van der Waals surface area contributed by atoms with Crippen molar-refractivity contribution >= 4 is 28.4 Å². The molecule has 0 aliphatic heterocycles. The second-order valence-corrected chi connectivity index (χ2v) is 5.69. The third-order valence-electron chi connectivity index (χ3n) is 3.91. The molecule has 4 N–H and O–H groups in total. The summed E-state index contributed by atoms with van der Waals surface area (Å²) in [5.74, 6) is -0.399. The zero-order valence-electron chi connectivity index (χ0n) is 13.9. The quantitative estimate of drug-likeness (QED) is 0.501. The zero-order chi connectivity index (χ0) is 18.8. The normalized spacial score (nSPS) is 10.7. The predicted molar refractivity (Wildman–Crippen MR) is 98.6 cm³/mol. The van der Waals surface area contributed by atoms with Crippen LogP contribution in [0.2, 0.25) is 0 Å². The average Bonchev–Trinajstić information content (AvgIpc) is 3.14. The van der Waals surface area contributed by atoms with Crippen LogP contribution in [0.3, 0.4) is 0 Å². The van der Waals surface area contributed by atoms with E-state index in [2.05, 4.69) is 20.3 Å². The number of aromatic nitrogens is 3. The average molecular weight is 363 g/mol. The molecule has 4 rings (SSSR count). The van der Waals surface area contributed by atoms with Crippen molar-refractivity contribution in [1.82, 2.24) is 15.0 Å². The van der Waals surface area contributed by atoms with Gasteiger partial charge in [-0.15, -0.1) is 0 Å². The van der Waals surface area contributed by atoms with Gasteiger partial charge in [-0.05, 0) is 36.4 Å². The third-order valence-corrected chi connectivity index (χ3v) is 3.91. The highest BCUT2D eigenvalue weighted by atomic mass is 19.1. The van der Waals surface area contributed by atoms with Gasteiger partial charge in [-0.1, -0.05) is 0 Å². The summed E-state index contributed by atoms with van der Waals surface area (Å²) in [4.78, 5) is 22.7. The minimum absolute atomic E-state index is 0.0606. The van der Waals surface area contributed by atoms with Gasteiger partial charge in [0.2, 0.25) is 0 Å². The maximum absolute atomic E-state index is 14.5. The summed E-state index contributed by atoms with van der Waals surface area (Å²) < 4.78 is 20.2. The van der Waals surface area contributed by atoms with E-state index in [0.717, 1.165) is 5.39 Å². The molecule has 0 bridgehead atoms. The summed E-state index contributed by atoms with van der Waals surface area (Å²) in [6, 6.07) is 11.0. The molecule has 4 aromatic rings. The van der Waals surface area contributed by atoms with E-state index >= 15 is 0 Å². The molecule has 3 heterocycles. The van der Waals surface area contributed by atoms with E-state index in [0.29, 0.717) is 17.1 Å². The molecule has 0 radical (unpaired) electrons. The minimum Gasteiger partial charge on any atom is -0.453 e. The lowest BCUT2D eigenvalue weighted by Crippen LogP contribution is -2.14. The summed E-state index contributed by atoms with van der Waals surface area (Å²) in [7, 11) is 0. The van der Waals surface area contributed by atoms with Crippen molar-refractivity contribution < 1.29 is 13.9 Å². The number of anilines is 2. The van der Waals surface area contributed by atoms with E-state index in [4.69, 9.17) is 10.5 Å². The number of benzene rings is 1. The molecular formula is C19H14FN5O2. The van der Waals surface area contributed by atoms with Gasteiger partial charge in [-0.2, -0.15) is 0 Å². The number of halogens is 1. The molecule has 8 heteroatoms. The smallest absolute Gasteiger partial charge is 0.252 e. The zero-order valence-corrected chi connectivity index (χ0v) is 13.9. The maximum Gasteiger partial charge on any atom is 0.252 e. The summed E-state index contributed by atoms with van der Waals surface area (Å²) >= 11 is 0. The second kappa shape index (κ2) is 6.75. The highest BCUT2D eigenvalue weighted by Gasteiger charge is 2.12. The maximum atomic E-state index is 14.5. The van der Waals surface area contributed by atoms with Crippen molar-refractivity contribution in [3.05, 3.63) is 72.4 Å². The van der Waals surface area contributed by atoms with Crippen LogP contribution in [0.15, 0.2) is 61.1 Å². The topological polar surface area (TPSA) is 106 Å². The van der Waals surface area contributed by atoms with Crippen LogP contribution >= 0.6 is 0 Å². The van der Waals surface area contributed by atoms with Gasteiger partial charge in [-0.25, -0.2) is 14.4 Å². The summed E-state index contributed by atoms with van der Waals surface area (Å²) in [5.41, 5.74) is 6.60. The van der Waals surface area contributed by atoms with Crippen molar-refractivity contribution in [3.63, 3.8) is 0 Å². The van der Waals surface area contributed by atoms with E-state index < -0.39 is 11.7 Å². The monoisotopic (exact) mass is 363 g/mol. The number of fused-ring (bicyclic) bond motifs is 1. The summed E-state index contributed by atoms with van der Waals surface area (Å²) in [6.07, 6.45) is 4.82. The lowest BCUT2D eigenvalue weighted by molar-refractivity contribution is 0.100. The highest BCUT2D eigenvalue weighted by molar-refractivity contribution is 5.98. The van der Waals surface area contributed by atoms with Gasteiger partial charge in [-0.3, -0.25) is 4.79 Å². The van der Waals surface area contributed by atoms with Gasteiger partial charge in [0.05, 0.1) is 10.9 Å². The fourth-order valence-corrected chi connectivity index (χ4v) is 2.64. The molecule has 0 saturated carbocycles. The van der Waals surface area contributed by atoms with E-state index in [1.807, 2.05) is 0 Å². The Morgan fingerprint density at radius 1 is 1.11 bits per heavy atom.